The molecular weight excluding hydrogens is 434 g/mol. The molecule has 0 aliphatic rings. The first-order valence-electron chi connectivity index (χ1n) is 14.4. The Hall–Kier alpha value is -4.10. The van der Waals surface area contributed by atoms with Crippen LogP contribution >= 0.6 is 0 Å². The third-order valence-electron chi connectivity index (χ3n) is 6.83. The molecule has 0 aliphatic heterocycles. The summed E-state index contributed by atoms with van der Waals surface area (Å²) in [5, 5.41) is 2.05. The molecule has 0 unspecified atom stereocenters. The van der Waals surface area contributed by atoms with Crippen molar-refractivity contribution in [3.05, 3.63) is 126 Å². The van der Waals surface area contributed by atoms with Gasteiger partial charge in [-0.15, -0.1) is 0 Å². The zero-order valence-corrected chi connectivity index (χ0v) is 21.1. The average molecular weight is 470 g/mol. The highest BCUT2D eigenvalue weighted by atomic mass is 15.0. The summed E-state index contributed by atoms with van der Waals surface area (Å²) in [7, 11) is 0. The third kappa shape index (κ3) is 3.63. The maximum atomic E-state index is 8.99. The van der Waals surface area contributed by atoms with Gasteiger partial charge in [-0.1, -0.05) is 117 Å². The molecule has 5 aromatic carbocycles. The molecule has 0 N–H and O–H groups in total. The summed E-state index contributed by atoms with van der Waals surface area (Å²) in [6.45, 7) is 8.40. The van der Waals surface area contributed by atoms with E-state index in [1.807, 2.05) is 36.4 Å². The number of rotatable bonds is 3. The molecule has 1 heterocycles. The summed E-state index contributed by atoms with van der Waals surface area (Å²) in [6, 6.07) is 31.0. The Balaban J connectivity index is 1.89. The fraction of sp³-hybridized carbons (Fsp3) is 0.143. The van der Waals surface area contributed by atoms with Crippen molar-refractivity contribution in [2.45, 2.75) is 33.1 Å². The largest absolute Gasteiger partial charge is 0.309 e. The van der Waals surface area contributed by atoms with Gasteiger partial charge in [0.15, 0.2) is 0 Å². The van der Waals surface area contributed by atoms with E-state index in [1.54, 1.807) is 6.92 Å². The van der Waals surface area contributed by atoms with E-state index in [9.17, 15) is 0 Å². The lowest BCUT2D eigenvalue weighted by atomic mass is 9.78. The van der Waals surface area contributed by atoms with Crippen LogP contribution in [0.1, 0.15) is 37.4 Å². The first-order valence-corrected chi connectivity index (χ1v) is 12.4. The van der Waals surface area contributed by atoms with Gasteiger partial charge in [0.25, 0.3) is 0 Å². The molecule has 0 bridgehead atoms. The molecular formula is C35H31N. The van der Waals surface area contributed by atoms with Crippen molar-refractivity contribution >= 4 is 21.8 Å². The number of nitrogens with zero attached hydrogens (tertiary/aromatic N) is 1. The van der Waals surface area contributed by atoms with Crippen molar-refractivity contribution in [2.75, 3.05) is 0 Å². The van der Waals surface area contributed by atoms with E-state index in [1.165, 1.54) is 5.56 Å². The van der Waals surface area contributed by atoms with Crippen LogP contribution in [0.4, 0.5) is 0 Å². The number of aromatic nitrogens is 1. The summed E-state index contributed by atoms with van der Waals surface area (Å²) in [4.78, 5) is 0. The van der Waals surface area contributed by atoms with Crippen molar-refractivity contribution in [1.29, 1.82) is 0 Å². The first-order chi connectivity index (χ1) is 19.1. The van der Waals surface area contributed by atoms with Gasteiger partial charge in [0.1, 0.15) is 0 Å². The van der Waals surface area contributed by atoms with Gasteiger partial charge in [-0.2, -0.15) is 0 Å². The van der Waals surface area contributed by atoms with Crippen molar-refractivity contribution in [3.8, 4) is 27.9 Å². The molecule has 0 aliphatic carbocycles. The van der Waals surface area contributed by atoms with E-state index in [2.05, 4.69) is 79.9 Å². The zero-order valence-electron chi connectivity index (χ0n) is 25.1. The third-order valence-corrected chi connectivity index (χ3v) is 6.83. The van der Waals surface area contributed by atoms with Gasteiger partial charge in [0.2, 0.25) is 0 Å². The molecule has 0 radical (unpaired) electrons. The quantitative estimate of drug-likeness (QED) is 0.243. The highest BCUT2D eigenvalue weighted by molar-refractivity contribution is 6.18. The van der Waals surface area contributed by atoms with Crippen LogP contribution in [-0.2, 0) is 5.41 Å². The zero-order chi connectivity index (χ0) is 28.3. The van der Waals surface area contributed by atoms with Crippen LogP contribution < -0.4 is 0 Å². The first kappa shape index (κ1) is 18.2. The van der Waals surface area contributed by atoms with Crippen LogP contribution in [0.3, 0.4) is 0 Å². The molecule has 0 spiro atoms. The highest BCUT2D eigenvalue weighted by Crippen LogP contribution is 2.46. The SMILES string of the molecule is [2H]c1c([2H])c(C)c([2H])c(-c2cccc3c2c2c(C(C)(C)C)c(-c4ccccc4)ccc2n3-c2ccccc2)c1[2H]. The van der Waals surface area contributed by atoms with E-state index in [0.717, 1.165) is 44.2 Å². The molecule has 0 fully saturated rings. The molecule has 1 nitrogen and oxygen atoms in total. The second kappa shape index (κ2) is 8.53. The molecule has 0 atom stereocenters. The summed E-state index contributed by atoms with van der Waals surface area (Å²) < 4.78 is 36.9. The summed E-state index contributed by atoms with van der Waals surface area (Å²) in [5.74, 6) is 0. The van der Waals surface area contributed by atoms with Crippen LogP contribution in [0.15, 0.2) is 115 Å². The Morgan fingerprint density at radius 1 is 0.639 bits per heavy atom. The van der Waals surface area contributed by atoms with E-state index in [4.69, 9.17) is 5.48 Å². The van der Waals surface area contributed by atoms with Gasteiger partial charge in [-0.3, -0.25) is 0 Å². The van der Waals surface area contributed by atoms with Crippen LogP contribution in [0.25, 0.3) is 49.7 Å². The normalized spacial score (nSPS) is 13.4. The fourth-order valence-corrected chi connectivity index (χ4v) is 5.42. The molecule has 1 aromatic heterocycles. The lowest BCUT2D eigenvalue weighted by Crippen LogP contribution is -2.13. The number of fused-ring (bicyclic) bond motifs is 3. The van der Waals surface area contributed by atoms with E-state index < -0.39 is 0 Å². The molecule has 0 saturated heterocycles. The standard InChI is InChI=1S/C35H31N/c1-24-13-11-16-26(23-24)28-19-12-20-30-32(28)33-31(36(30)27-17-9-6-10-18-27)22-21-29(34(33)35(2,3)4)25-14-7-5-8-15-25/h5-23H,1-4H3/i11D,13D,16D,23D. The van der Waals surface area contributed by atoms with Gasteiger partial charge in [-0.05, 0) is 64.4 Å². The van der Waals surface area contributed by atoms with Crippen LogP contribution in [0.2, 0.25) is 0 Å². The second-order valence-electron chi connectivity index (χ2n) is 10.4. The molecule has 6 aromatic rings. The van der Waals surface area contributed by atoms with Crippen LogP contribution in [-0.4, -0.2) is 4.57 Å². The minimum absolute atomic E-state index is 0.0561. The summed E-state index contributed by atoms with van der Waals surface area (Å²) in [6.07, 6.45) is 0. The minimum atomic E-state index is -0.233. The Labute approximate surface area is 219 Å². The minimum Gasteiger partial charge on any atom is -0.309 e. The monoisotopic (exact) mass is 469 g/mol. The smallest absolute Gasteiger partial charge is 0.0632 e. The molecule has 36 heavy (non-hydrogen) atoms. The van der Waals surface area contributed by atoms with Crippen LogP contribution in [0.5, 0.6) is 0 Å². The Bertz CT molecular complexity index is 1880. The van der Waals surface area contributed by atoms with Gasteiger partial charge in [0, 0.05) is 16.5 Å². The molecule has 6 rings (SSSR count). The molecule has 1 heteroatoms. The Kier molecular flexibility index (Phi) is 4.32. The number of para-hydroxylation sites is 1. The highest BCUT2D eigenvalue weighted by Gasteiger charge is 2.27. The summed E-state index contributed by atoms with van der Waals surface area (Å²) in [5.41, 5.74) is 7.88. The Morgan fingerprint density at radius 3 is 2.06 bits per heavy atom. The number of benzene rings is 5. The average Bonchev–Trinajstić information content (AvgIpc) is 3.30. The van der Waals surface area contributed by atoms with Gasteiger partial charge >= 0.3 is 0 Å². The number of hydrogen-bond donors (Lipinski definition) is 0. The molecule has 176 valence electrons. The molecule has 0 amide bonds. The topological polar surface area (TPSA) is 4.93 Å². The fourth-order valence-electron chi connectivity index (χ4n) is 5.42. The van der Waals surface area contributed by atoms with Gasteiger partial charge in [0.05, 0.1) is 16.5 Å². The lowest BCUT2D eigenvalue weighted by Gasteiger charge is -2.25. The maximum absolute atomic E-state index is 8.99. The summed E-state index contributed by atoms with van der Waals surface area (Å²) >= 11 is 0. The van der Waals surface area contributed by atoms with Crippen molar-refractivity contribution in [3.63, 3.8) is 0 Å². The predicted octanol–water partition coefficient (Wildman–Crippen LogP) is 9.72. The number of hydrogen-bond acceptors (Lipinski definition) is 0. The van der Waals surface area contributed by atoms with Gasteiger partial charge in [-0.25, -0.2) is 0 Å². The van der Waals surface area contributed by atoms with E-state index in [-0.39, 0.29) is 29.6 Å². The Morgan fingerprint density at radius 2 is 1.33 bits per heavy atom. The van der Waals surface area contributed by atoms with Crippen LogP contribution in [0, 0.1) is 6.92 Å². The maximum Gasteiger partial charge on any atom is 0.0632 e. The van der Waals surface area contributed by atoms with E-state index in [0.29, 0.717) is 11.1 Å². The predicted molar refractivity (Wildman–Crippen MR) is 155 cm³/mol. The van der Waals surface area contributed by atoms with Crippen molar-refractivity contribution in [2.24, 2.45) is 0 Å². The molecule has 0 saturated carbocycles. The lowest BCUT2D eigenvalue weighted by molar-refractivity contribution is 0.598. The second-order valence-corrected chi connectivity index (χ2v) is 10.4. The van der Waals surface area contributed by atoms with E-state index >= 15 is 0 Å². The van der Waals surface area contributed by atoms with Crippen molar-refractivity contribution in [1.82, 2.24) is 4.57 Å². The van der Waals surface area contributed by atoms with Crippen molar-refractivity contribution < 1.29 is 5.48 Å². The van der Waals surface area contributed by atoms with Gasteiger partial charge < -0.3 is 4.57 Å².